The number of benzene rings is 1. The van der Waals surface area contributed by atoms with E-state index in [0.717, 1.165) is 50.4 Å². The van der Waals surface area contributed by atoms with Gasteiger partial charge in [0.25, 0.3) is 0 Å². The lowest BCUT2D eigenvalue weighted by molar-refractivity contribution is 0.104. The molecule has 0 radical (unpaired) electrons. The fourth-order valence-electron chi connectivity index (χ4n) is 3.00. The Morgan fingerprint density at radius 3 is 2.78 bits per heavy atom. The monoisotopic (exact) mass is 249 g/mol. The molecule has 0 amide bonds. The van der Waals surface area contributed by atoms with Gasteiger partial charge in [-0.05, 0) is 18.7 Å². The van der Waals surface area contributed by atoms with Crippen molar-refractivity contribution in [2.75, 3.05) is 39.8 Å². The number of hydrogen-bond acceptors (Lipinski definition) is 3. The zero-order valence-corrected chi connectivity index (χ0v) is 10.8. The van der Waals surface area contributed by atoms with Crippen LogP contribution in [0.25, 0.3) is 0 Å². The second-order valence-electron chi connectivity index (χ2n) is 5.30. The topological polar surface area (TPSA) is 18.5 Å². The zero-order valence-electron chi connectivity index (χ0n) is 10.8. The van der Waals surface area contributed by atoms with E-state index in [9.17, 15) is 4.39 Å². The SMILES string of the molecule is CN1CCN([C@@H]2CNCc3cccc(F)c32)CC1. The van der Waals surface area contributed by atoms with E-state index in [1.807, 2.05) is 12.1 Å². The van der Waals surface area contributed by atoms with Gasteiger partial charge < -0.3 is 10.2 Å². The number of nitrogens with one attached hydrogen (secondary N) is 1. The van der Waals surface area contributed by atoms with Gasteiger partial charge in [0, 0.05) is 44.8 Å². The maximum Gasteiger partial charge on any atom is 0.128 e. The summed E-state index contributed by atoms with van der Waals surface area (Å²) in [6.45, 7) is 5.84. The highest BCUT2D eigenvalue weighted by atomic mass is 19.1. The third-order valence-corrected chi connectivity index (χ3v) is 4.11. The second-order valence-corrected chi connectivity index (χ2v) is 5.30. The number of fused-ring (bicyclic) bond motifs is 1. The van der Waals surface area contributed by atoms with E-state index in [2.05, 4.69) is 22.2 Å². The molecule has 1 saturated heterocycles. The van der Waals surface area contributed by atoms with Crippen LogP contribution in [0.1, 0.15) is 17.2 Å². The van der Waals surface area contributed by atoms with Crippen LogP contribution in [0.2, 0.25) is 0 Å². The normalized spacial score (nSPS) is 26.0. The smallest absolute Gasteiger partial charge is 0.128 e. The molecular formula is C14H20FN3. The molecule has 0 aromatic heterocycles. The summed E-state index contributed by atoms with van der Waals surface area (Å²) in [6.07, 6.45) is 0. The molecule has 0 saturated carbocycles. The molecular weight excluding hydrogens is 229 g/mol. The quantitative estimate of drug-likeness (QED) is 0.807. The third kappa shape index (κ3) is 2.16. The number of likely N-dealkylation sites (N-methyl/N-ethyl adjacent to an activating group) is 1. The number of rotatable bonds is 1. The largest absolute Gasteiger partial charge is 0.311 e. The third-order valence-electron chi connectivity index (χ3n) is 4.11. The highest BCUT2D eigenvalue weighted by molar-refractivity contribution is 5.33. The maximum absolute atomic E-state index is 14.1. The average molecular weight is 249 g/mol. The molecule has 4 heteroatoms. The molecule has 1 aromatic carbocycles. The lowest BCUT2D eigenvalue weighted by Crippen LogP contribution is -2.49. The molecule has 1 atom stereocenters. The Labute approximate surface area is 108 Å². The summed E-state index contributed by atoms with van der Waals surface area (Å²) >= 11 is 0. The van der Waals surface area contributed by atoms with Crippen LogP contribution in [-0.2, 0) is 6.54 Å². The first-order valence-corrected chi connectivity index (χ1v) is 6.66. The molecule has 1 N–H and O–H groups in total. The fraction of sp³-hybridized carbons (Fsp3) is 0.571. The molecule has 0 bridgehead atoms. The van der Waals surface area contributed by atoms with E-state index in [0.29, 0.717) is 0 Å². The zero-order chi connectivity index (χ0) is 12.5. The maximum atomic E-state index is 14.1. The van der Waals surface area contributed by atoms with Crippen molar-refractivity contribution in [1.29, 1.82) is 0 Å². The molecule has 1 fully saturated rings. The van der Waals surface area contributed by atoms with Gasteiger partial charge in [0.1, 0.15) is 5.82 Å². The van der Waals surface area contributed by atoms with E-state index >= 15 is 0 Å². The van der Waals surface area contributed by atoms with E-state index in [-0.39, 0.29) is 11.9 Å². The van der Waals surface area contributed by atoms with Crippen LogP contribution >= 0.6 is 0 Å². The lowest BCUT2D eigenvalue weighted by atomic mass is 9.94. The number of piperazine rings is 1. The second kappa shape index (κ2) is 4.96. The highest BCUT2D eigenvalue weighted by Crippen LogP contribution is 2.30. The molecule has 1 aromatic rings. The lowest BCUT2D eigenvalue weighted by Gasteiger charge is -2.40. The van der Waals surface area contributed by atoms with Gasteiger partial charge in [0.15, 0.2) is 0 Å². The minimum Gasteiger partial charge on any atom is -0.311 e. The summed E-state index contributed by atoms with van der Waals surface area (Å²) in [7, 11) is 2.14. The highest BCUT2D eigenvalue weighted by Gasteiger charge is 2.29. The molecule has 2 aliphatic heterocycles. The van der Waals surface area contributed by atoms with Crippen LogP contribution in [0, 0.1) is 5.82 Å². The summed E-state index contributed by atoms with van der Waals surface area (Å²) in [6, 6.07) is 5.63. The fourth-order valence-corrected chi connectivity index (χ4v) is 3.00. The minimum atomic E-state index is -0.0436. The number of nitrogens with zero attached hydrogens (tertiary/aromatic N) is 2. The van der Waals surface area contributed by atoms with Gasteiger partial charge in [-0.2, -0.15) is 0 Å². The summed E-state index contributed by atoms with van der Waals surface area (Å²) in [5.74, 6) is -0.0436. The van der Waals surface area contributed by atoms with Crippen molar-refractivity contribution in [2.45, 2.75) is 12.6 Å². The first-order valence-electron chi connectivity index (χ1n) is 6.66. The van der Waals surface area contributed by atoms with Crippen LogP contribution in [0.5, 0.6) is 0 Å². The predicted octanol–water partition coefficient (Wildman–Crippen LogP) is 1.22. The summed E-state index contributed by atoms with van der Waals surface area (Å²) in [5, 5.41) is 3.40. The van der Waals surface area contributed by atoms with Gasteiger partial charge in [-0.15, -0.1) is 0 Å². The Bertz CT molecular complexity index is 427. The van der Waals surface area contributed by atoms with Crippen molar-refractivity contribution in [3.05, 3.63) is 35.1 Å². The Kier molecular flexibility index (Phi) is 3.33. The predicted molar refractivity (Wildman–Crippen MR) is 69.9 cm³/mol. The van der Waals surface area contributed by atoms with Gasteiger partial charge in [-0.3, -0.25) is 4.90 Å². The van der Waals surface area contributed by atoms with Gasteiger partial charge >= 0.3 is 0 Å². The molecule has 0 aliphatic carbocycles. The number of hydrogen-bond donors (Lipinski definition) is 1. The summed E-state index contributed by atoms with van der Waals surface area (Å²) in [5.41, 5.74) is 2.03. The molecule has 18 heavy (non-hydrogen) atoms. The molecule has 3 nitrogen and oxygen atoms in total. The summed E-state index contributed by atoms with van der Waals surface area (Å²) < 4.78 is 14.1. The van der Waals surface area contributed by atoms with Crippen molar-refractivity contribution >= 4 is 0 Å². The minimum absolute atomic E-state index is 0.0436. The Morgan fingerprint density at radius 2 is 2.00 bits per heavy atom. The van der Waals surface area contributed by atoms with Crippen LogP contribution < -0.4 is 5.32 Å². The summed E-state index contributed by atoms with van der Waals surface area (Å²) in [4.78, 5) is 4.74. The number of halogens is 1. The van der Waals surface area contributed by atoms with Crippen molar-refractivity contribution in [2.24, 2.45) is 0 Å². The van der Waals surface area contributed by atoms with Crippen LogP contribution in [0.15, 0.2) is 18.2 Å². The molecule has 0 unspecified atom stereocenters. The Balaban J connectivity index is 1.87. The molecule has 98 valence electrons. The molecule has 2 heterocycles. The molecule has 0 spiro atoms. The van der Waals surface area contributed by atoms with Crippen LogP contribution in [-0.4, -0.2) is 49.6 Å². The van der Waals surface area contributed by atoms with E-state index in [1.54, 1.807) is 6.07 Å². The first-order chi connectivity index (χ1) is 8.75. The van der Waals surface area contributed by atoms with Gasteiger partial charge in [-0.1, -0.05) is 12.1 Å². The Hall–Kier alpha value is -0.970. The first kappa shape index (κ1) is 12.1. The van der Waals surface area contributed by atoms with Gasteiger partial charge in [0.2, 0.25) is 0 Å². The Morgan fingerprint density at radius 1 is 1.22 bits per heavy atom. The van der Waals surface area contributed by atoms with E-state index < -0.39 is 0 Å². The van der Waals surface area contributed by atoms with Gasteiger partial charge in [-0.25, -0.2) is 4.39 Å². The van der Waals surface area contributed by atoms with Crippen molar-refractivity contribution in [1.82, 2.24) is 15.1 Å². The van der Waals surface area contributed by atoms with Crippen LogP contribution in [0.3, 0.4) is 0 Å². The molecule has 3 rings (SSSR count). The van der Waals surface area contributed by atoms with Crippen LogP contribution in [0.4, 0.5) is 4.39 Å². The van der Waals surface area contributed by atoms with E-state index in [4.69, 9.17) is 0 Å². The standard InChI is InChI=1S/C14H20FN3/c1-17-5-7-18(8-6-17)13-10-16-9-11-3-2-4-12(15)14(11)13/h2-4,13,16H,5-10H2,1H3/t13-/m1/s1. The van der Waals surface area contributed by atoms with Crippen molar-refractivity contribution < 1.29 is 4.39 Å². The van der Waals surface area contributed by atoms with E-state index in [1.165, 1.54) is 0 Å². The molecule has 2 aliphatic rings. The van der Waals surface area contributed by atoms with Crippen molar-refractivity contribution in [3.8, 4) is 0 Å². The average Bonchev–Trinajstić information content (AvgIpc) is 2.39. The van der Waals surface area contributed by atoms with Gasteiger partial charge in [0.05, 0.1) is 6.04 Å². The van der Waals surface area contributed by atoms with Crippen molar-refractivity contribution in [3.63, 3.8) is 0 Å².